The van der Waals surface area contributed by atoms with Crippen molar-refractivity contribution in [3.05, 3.63) is 41.4 Å². The number of hydrogen-bond acceptors (Lipinski definition) is 3. The molecule has 1 saturated heterocycles. The molecule has 0 aliphatic carbocycles. The molecule has 4 rings (SSSR count). The van der Waals surface area contributed by atoms with Gasteiger partial charge in [-0.1, -0.05) is 35.9 Å². The number of fused-ring (bicyclic) bond motifs is 3. The van der Waals surface area contributed by atoms with Crippen LogP contribution in [0.25, 0.3) is 20.2 Å². The maximum absolute atomic E-state index is 6.77. The summed E-state index contributed by atoms with van der Waals surface area (Å²) in [4.78, 5) is 0. The second-order valence-electron chi connectivity index (χ2n) is 7.03. The second kappa shape index (κ2) is 4.96. The van der Waals surface area contributed by atoms with Crippen LogP contribution in [0.5, 0.6) is 0 Å². The average molecular weight is 345 g/mol. The Kier molecular flexibility index (Phi) is 3.34. The standard InChI is InChI=1S/C18H18BClO2S/c1-17(2)18(3,4)22-19(21-17)12-9-10-14-15(16(12)20)11-7-5-6-8-13(11)23-14/h5-10H,1-4H3. The molecule has 1 fully saturated rings. The fourth-order valence-corrected chi connectivity index (χ4v) is 4.47. The Hall–Kier alpha value is -1.07. The monoisotopic (exact) mass is 344 g/mol. The largest absolute Gasteiger partial charge is 0.496 e. The van der Waals surface area contributed by atoms with Crippen LogP contribution in [0.4, 0.5) is 0 Å². The Bertz CT molecular complexity index is 900. The van der Waals surface area contributed by atoms with Crippen LogP contribution in [0.1, 0.15) is 27.7 Å². The van der Waals surface area contributed by atoms with Gasteiger partial charge in [0.2, 0.25) is 0 Å². The van der Waals surface area contributed by atoms with E-state index in [1.807, 2.05) is 12.1 Å². The molecule has 0 N–H and O–H groups in total. The fraction of sp³-hybridized carbons (Fsp3) is 0.333. The summed E-state index contributed by atoms with van der Waals surface area (Å²) in [7, 11) is -0.435. The summed E-state index contributed by atoms with van der Waals surface area (Å²) in [6.07, 6.45) is 0. The predicted molar refractivity (Wildman–Crippen MR) is 100 cm³/mol. The van der Waals surface area contributed by atoms with Gasteiger partial charge < -0.3 is 9.31 Å². The van der Waals surface area contributed by atoms with Crippen LogP contribution in [0.2, 0.25) is 5.02 Å². The minimum Gasteiger partial charge on any atom is -0.399 e. The third-order valence-corrected chi connectivity index (χ3v) is 6.56. The molecule has 3 aromatic rings. The SMILES string of the molecule is CC1(C)OB(c2ccc3sc4ccccc4c3c2Cl)OC1(C)C. The zero-order valence-corrected chi connectivity index (χ0v) is 15.2. The lowest BCUT2D eigenvalue weighted by Gasteiger charge is -2.32. The van der Waals surface area contributed by atoms with Gasteiger partial charge in [0.05, 0.1) is 11.2 Å². The summed E-state index contributed by atoms with van der Waals surface area (Å²) in [6.45, 7) is 8.22. The molecule has 1 aliphatic rings. The molecule has 0 unspecified atom stereocenters. The highest BCUT2D eigenvalue weighted by Gasteiger charge is 2.52. The fourth-order valence-electron chi connectivity index (χ4n) is 2.94. The molecule has 5 heteroatoms. The van der Waals surface area contributed by atoms with E-state index in [1.54, 1.807) is 11.3 Å². The molecule has 0 amide bonds. The molecule has 0 saturated carbocycles. The van der Waals surface area contributed by atoms with Gasteiger partial charge in [0.15, 0.2) is 0 Å². The van der Waals surface area contributed by atoms with E-state index in [1.165, 1.54) is 14.8 Å². The van der Waals surface area contributed by atoms with Crippen molar-refractivity contribution >= 4 is 55.7 Å². The first kappa shape index (κ1) is 15.5. The normalized spacial score (nSPS) is 19.8. The third-order valence-electron chi connectivity index (χ3n) is 5.02. The number of thiophene rings is 1. The predicted octanol–water partition coefficient (Wildman–Crippen LogP) is 5.01. The molecular weight excluding hydrogens is 327 g/mol. The summed E-state index contributed by atoms with van der Waals surface area (Å²) in [5.41, 5.74) is 0.167. The summed E-state index contributed by atoms with van der Waals surface area (Å²) >= 11 is 8.54. The van der Waals surface area contributed by atoms with Gasteiger partial charge in [-0.2, -0.15) is 0 Å². The van der Waals surface area contributed by atoms with Crippen molar-refractivity contribution in [2.75, 3.05) is 0 Å². The Morgan fingerprint density at radius 2 is 1.57 bits per heavy atom. The lowest BCUT2D eigenvalue weighted by atomic mass is 9.78. The highest BCUT2D eigenvalue weighted by Crippen LogP contribution is 2.40. The van der Waals surface area contributed by atoms with Gasteiger partial charge in [0.1, 0.15) is 0 Å². The molecule has 118 valence electrons. The van der Waals surface area contributed by atoms with Crippen LogP contribution in [0.3, 0.4) is 0 Å². The van der Waals surface area contributed by atoms with Gasteiger partial charge in [-0.3, -0.25) is 0 Å². The van der Waals surface area contributed by atoms with Crippen molar-refractivity contribution in [2.45, 2.75) is 38.9 Å². The Balaban J connectivity index is 1.89. The van der Waals surface area contributed by atoms with Crippen LogP contribution in [-0.2, 0) is 9.31 Å². The summed E-state index contributed by atoms with van der Waals surface area (Å²) in [5, 5.41) is 3.02. The van der Waals surface area contributed by atoms with Crippen molar-refractivity contribution in [2.24, 2.45) is 0 Å². The first-order valence-electron chi connectivity index (χ1n) is 7.75. The van der Waals surface area contributed by atoms with E-state index >= 15 is 0 Å². The number of benzene rings is 2. The topological polar surface area (TPSA) is 18.5 Å². The van der Waals surface area contributed by atoms with Crippen molar-refractivity contribution in [3.8, 4) is 0 Å². The molecule has 2 nitrogen and oxygen atoms in total. The molecule has 1 aliphatic heterocycles. The van der Waals surface area contributed by atoms with Crippen LogP contribution in [-0.4, -0.2) is 18.3 Å². The maximum Gasteiger partial charge on any atom is 0.496 e. The van der Waals surface area contributed by atoms with Gasteiger partial charge in [0, 0.05) is 30.7 Å². The van der Waals surface area contributed by atoms with Crippen LogP contribution < -0.4 is 5.46 Å². The first-order valence-corrected chi connectivity index (χ1v) is 8.95. The van der Waals surface area contributed by atoms with Crippen LogP contribution in [0.15, 0.2) is 36.4 Å². The Morgan fingerprint density at radius 1 is 0.913 bits per heavy atom. The number of halogens is 1. The van der Waals surface area contributed by atoms with Gasteiger partial charge >= 0.3 is 7.12 Å². The van der Waals surface area contributed by atoms with E-state index in [-0.39, 0.29) is 11.2 Å². The molecule has 2 heterocycles. The van der Waals surface area contributed by atoms with Gasteiger partial charge in [-0.05, 0) is 39.8 Å². The molecule has 23 heavy (non-hydrogen) atoms. The summed E-state index contributed by atoms with van der Waals surface area (Å²) in [6, 6.07) is 12.5. The maximum atomic E-state index is 6.77. The highest BCUT2D eigenvalue weighted by atomic mass is 35.5. The van der Waals surface area contributed by atoms with E-state index in [4.69, 9.17) is 20.9 Å². The van der Waals surface area contributed by atoms with Crippen LogP contribution >= 0.6 is 22.9 Å². The lowest BCUT2D eigenvalue weighted by molar-refractivity contribution is 0.00578. The zero-order chi connectivity index (χ0) is 16.4. The van der Waals surface area contributed by atoms with E-state index in [9.17, 15) is 0 Å². The Labute approximate surface area is 145 Å². The average Bonchev–Trinajstić information content (AvgIpc) is 2.94. The molecule has 0 radical (unpaired) electrons. The summed E-state index contributed by atoms with van der Waals surface area (Å²) in [5.74, 6) is 0. The number of rotatable bonds is 1. The van der Waals surface area contributed by atoms with Crippen molar-refractivity contribution in [1.29, 1.82) is 0 Å². The Morgan fingerprint density at radius 3 is 2.26 bits per heavy atom. The highest BCUT2D eigenvalue weighted by molar-refractivity contribution is 7.26. The lowest BCUT2D eigenvalue weighted by Crippen LogP contribution is -2.41. The summed E-state index contributed by atoms with van der Waals surface area (Å²) < 4.78 is 14.8. The molecule has 2 aromatic carbocycles. The smallest absolute Gasteiger partial charge is 0.399 e. The van der Waals surface area contributed by atoms with Crippen molar-refractivity contribution in [3.63, 3.8) is 0 Å². The minimum atomic E-state index is -0.435. The van der Waals surface area contributed by atoms with Gasteiger partial charge in [-0.15, -0.1) is 11.3 Å². The van der Waals surface area contributed by atoms with E-state index in [2.05, 4.69) is 52.0 Å². The van der Waals surface area contributed by atoms with E-state index in [0.29, 0.717) is 0 Å². The first-order chi connectivity index (χ1) is 10.8. The zero-order valence-electron chi connectivity index (χ0n) is 13.6. The second-order valence-corrected chi connectivity index (χ2v) is 8.49. The van der Waals surface area contributed by atoms with E-state index in [0.717, 1.165) is 15.9 Å². The van der Waals surface area contributed by atoms with Crippen molar-refractivity contribution < 1.29 is 9.31 Å². The molecular formula is C18H18BClO2S. The van der Waals surface area contributed by atoms with Gasteiger partial charge in [-0.25, -0.2) is 0 Å². The molecule has 0 atom stereocenters. The van der Waals surface area contributed by atoms with Crippen molar-refractivity contribution in [1.82, 2.24) is 0 Å². The third kappa shape index (κ3) is 2.24. The molecule has 0 bridgehead atoms. The minimum absolute atomic E-state index is 0.368. The molecule has 0 spiro atoms. The van der Waals surface area contributed by atoms with Gasteiger partial charge in [0.25, 0.3) is 0 Å². The molecule has 1 aromatic heterocycles. The van der Waals surface area contributed by atoms with Crippen LogP contribution in [0, 0.1) is 0 Å². The van der Waals surface area contributed by atoms with E-state index < -0.39 is 7.12 Å². The quantitative estimate of drug-likeness (QED) is 0.578. The number of hydrogen-bond donors (Lipinski definition) is 0.